The van der Waals surface area contributed by atoms with Crippen LogP contribution in [0.1, 0.15) is 37.7 Å². The third-order valence-electron chi connectivity index (χ3n) is 6.32. The van der Waals surface area contributed by atoms with Gasteiger partial charge in [-0.15, -0.1) is 0 Å². The van der Waals surface area contributed by atoms with E-state index in [0.717, 1.165) is 49.9 Å². The standard InChI is InChI=1S/C20H27NO2/c1-23-18-8-3-2-5-15(18)13-14-9-11-21(12-10-14)20(22)19-16-6-4-7-17(16)19/h2-3,5,8,14,16-17,19H,4,6-7,9-13H2,1H3. The van der Waals surface area contributed by atoms with Gasteiger partial charge in [0.25, 0.3) is 0 Å². The van der Waals surface area contributed by atoms with Gasteiger partial charge in [-0.25, -0.2) is 0 Å². The lowest BCUT2D eigenvalue weighted by Crippen LogP contribution is -2.40. The second-order valence-corrected chi connectivity index (χ2v) is 7.57. The molecule has 0 radical (unpaired) electrons. The van der Waals surface area contributed by atoms with Crippen LogP contribution < -0.4 is 4.74 Å². The van der Waals surface area contributed by atoms with Crippen molar-refractivity contribution < 1.29 is 9.53 Å². The molecule has 0 bridgehead atoms. The highest BCUT2D eigenvalue weighted by Gasteiger charge is 2.57. The van der Waals surface area contributed by atoms with Crippen LogP contribution >= 0.6 is 0 Å². The van der Waals surface area contributed by atoms with Crippen molar-refractivity contribution in [2.75, 3.05) is 20.2 Å². The topological polar surface area (TPSA) is 29.5 Å². The van der Waals surface area contributed by atoms with Crippen LogP contribution in [-0.4, -0.2) is 31.0 Å². The number of carbonyl (C=O) groups is 1. The molecule has 4 rings (SSSR count). The number of fused-ring (bicyclic) bond motifs is 1. The Hall–Kier alpha value is -1.51. The number of benzene rings is 1. The van der Waals surface area contributed by atoms with Crippen molar-refractivity contribution in [2.24, 2.45) is 23.7 Å². The highest BCUT2D eigenvalue weighted by atomic mass is 16.5. The van der Waals surface area contributed by atoms with Gasteiger partial charge in [0.1, 0.15) is 5.75 Å². The third-order valence-corrected chi connectivity index (χ3v) is 6.32. The van der Waals surface area contributed by atoms with Gasteiger partial charge in [0.2, 0.25) is 5.91 Å². The lowest BCUT2D eigenvalue weighted by molar-refractivity contribution is -0.134. The normalized spacial score (nSPS) is 30.1. The molecule has 1 amide bonds. The number of piperidine rings is 1. The van der Waals surface area contributed by atoms with Crippen molar-refractivity contribution in [3.8, 4) is 5.75 Å². The Morgan fingerprint density at radius 1 is 1.13 bits per heavy atom. The summed E-state index contributed by atoms with van der Waals surface area (Å²) in [4.78, 5) is 14.8. The van der Waals surface area contributed by atoms with Crippen LogP contribution in [0.5, 0.6) is 5.75 Å². The first-order chi connectivity index (χ1) is 11.3. The van der Waals surface area contributed by atoms with E-state index >= 15 is 0 Å². The summed E-state index contributed by atoms with van der Waals surface area (Å²) in [7, 11) is 1.74. The first-order valence-electron chi connectivity index (χ1n) is 9.18. The predicted octanol–water partition coefficient (Wildman–Crippen LogP) is 3.52. The number of rotatable bonds is 4. The quantitative estimate of drug-likeness (QED) is 0.851. The molecule has 1 aromatic rings. The summed E-state index contributed by atoms with van der Waals surface area (Å²) in [5, 5.41) is 0. The minimum absolute atomic E-state index is 0.398. The fourth-order valence-corrected chi connectivity index (χ4v) is 4.94. The summed E-state index contributed by atoms with van der Waals surface area (Å²) < 4.78 is 5.46. The first-order valence-corrected chi connectivity index (χ1v) is 9.18. The molecule has 2 unspecified atom stereocenters. The fraction of sp³-hybridized carbons (Fsp3) is 0.650. The van der Waals surface area contributed by atoms with Gasteiger partial charge in [0.15, 0.2) is 0 Å². The minimum Gasteiger partial charge on any atom is -0.496 e. The molecule has 124 valence electrons. The number of hydrogen-bond donors (Lipinski definition) is 0. The number of likely N-dealkylation sites (tertiary alicyclic amines) is 1. The maximum Gasteiger partial charge on any atom is 0.226 e. The van der Waals surface area contributed by atoms with E-state index in [2.05, 4.69) is 17.0 Å². The molecule has 2 atom stereocenters. The van der Waals surface area contributed by atoms with E-state index in [1.165, 1.54) is 24.8 Å². The van der Waals surface area contributed by atoms with E-state index in [-0.39, 0.29) is 0 Å². The van der Waals surface area contributed by atoms with Crippen molar-refractivity contribution in [1.29, 1.82) is 0 Å². The van der Waals surface area contributed by atoms with Crippen LogP contribution in [0.25, 0.3) is 0 Å². The zero-order valence-corrected chi connectivity index (χ0v) is 14.0. The Morgan fingerprint density at radius 3 is 2.52 bits per heavy atom. The van der Waals surface area contributed by atoms with Gasteiger partial charge in [-0.05, 0) is 61.5 Å². The van der Waals surface area contributed by atoms with Crippen LogP contribution in [0.2, 0.25) is 0 Å². The maximum atomic E-state index is 12.6. The lowest BCUT2D eigenvalue weighted by atomic mass is 9.89. The average Bonchev–Trinajstić information content (AvgIpc) is 3.07. The molecule has 1 saturated heterocycles. The minimum atomic E-state index is 0.398. The molecule has 3 aliphatic rings. The number of nitrogens with zero attached hydrogens (tertiary/aromatic N) is 1. The summed E-state index contributed by atoms with van der Waals surface area (Å²) >= 11 is 0. The number of methoxy groups -OCH3 is 1. The van der Waals surface area contributed by atoms with Crippen molar-refractivity contribution in [1.82, 2.24) is 4.90 Å². The van der Waals surface area contributed by atoms with Crippen LogP contribution in [0, 0.1) is 23.7 Å². The fourth-order valence-electron chi connectivity index (χ4n) is 4.94. The van der Waals surface area contributed by atoms with Gasteiger partial charge in [0, 0.05) is 19.0 Å². The number of carbonyl (C=O) groups excluding carboxylic acids is 1. The molecule has 23 heavy (non-hydrogen) atoms. The van der Waals surface area contributed by atoms with E-state index in [4.69, 9.17) is 4.74 Å². The summed E-state index contributed by atoms with van der Waals surface area (Å²) in [6.45, 7) is 1.91. The van der Waals surface area contributed by atoms with Crippen molar-refractivity contribution in [3.63, 3.8) is 0 Å². The predicted molar refractivity (Wildman–Crippen MR) is 90.3 cm³/mol. The molecule has 2 aliphatic carbocycles. The zero-order valence-electron chi connectivity index (χ0n) is 14.0. The molecule has 1 aromatic carbocycles. The second-order valence-electron chi connectivity index (χ2n) is 7.57. The number of hydrogen-bond acceptors (Lipinski definition) is 2. The van der Waals surface area contributed by atoms with Gasteiger partial charge >= 0.3 is 0 Å². The smallest absolute Gasteiger partial charge is 0.226 e. The van der Waals surface area contributed by atoms with E-state index in [1.54, 1.807) is 7.11 Å². The number of ether oxygens (including phenoxy) is 1. The molecule has 2 saturated carbocycles. The van der Waals surface area contributed by atoms with Gasteiger partial charge in [-0.2, -0.15) is 0 Å². The Morgan fingerprint density at radius 2 is 1.83 bits per heavy atom. The van der Waals surface area contributed by atoms with Crippen LogP contribution in [0.4, 0.5) is 0 Å². The Balaban J connectivity index is 1.30. The Kier molecular flexibility index (Phi) is 4.04. The number of para-hydroxylation sites is 1. The summed E-state index contributed by atoms with van der Waals surface area (Å²) in [6.07, 6.45) is 7.27. The Bertz CT molecular complexity index is 567. The van der Waals surface area contributed by atoms with Crippen molar-refractivity contribution in [3.05, 3.63) is 29.8 Å². The zero-order chi connectivity index (χ0) is 15.8. The highest BCUT2D eigenvalue weighted by molar-refractivity contribution is 5.82. The first kappa shape index (κ1) is 15.0. The van der Waals surface area contributed by atoms with E-state index in [9.17, 15) is 4.79 Å². The monoisotopic (exact) mass is 313 g/mol. The van der Waals surface area contributed by atoms with E-state index in [1.807, 2.05) is 12.1 Å². The summed E-state index contributed by atoms with van der Waals surface area (Å²) in [5.74, 6) is 4.03. The van der Waals surface area contributed by atoms with Crippen LogP contribution in [0.3, 0.4) is 0 Å². The van der Waals surface area contributed by atoms with Gasteiger partial charge in [-0.1, -0.05) is 24.6 Å². The van der Waals surface area contributed by atoms with Crippen LogP contribution in [-0.2, 0) is 11.2 Å². The largest absolute Gasteiger partial charge is 0.496 e. The molecule has 3 heteroatoms. The molecule has 0 spiro atoms. The molecule has 3 nitrogen and oxygen atoms in total. The number of amides is 1. The third kappa shape index (κ3) is 2.86. The van der Waals surface area contributed by atoms with Crippen molar-refractivity contribution >= 4 is 5.91 Å². The Labute approximate surface area is 139 Å². The molecular formula is C20H27NO2. The molecule has 1 heterocycles. The maximum absolute atomic E-state index is 12.6. The van der Waals surface area contributed by atoms with Gasteiger partial charge in [0.05, 0.1) is 7.11 Å². The highest BCUT2D eigenvalue weighted by Crippen LogP contribution is 2.58. The molecule has 0 aromatic heterocycles. The second kappa shape index (κ2) is 6.18. The molecular weight excluding hydrogens is 286 g/mol. The average molecular weight is 313 g/mol. The molecule has 3 fully saturated rings. The van der Waals surface area contributed by atoms with E-state index < -0.39 is 0 Å². The van der Waals surface area contributed by atoms with E-state index in [0.29, 0.717) is 17.7 Å². The van der Waals surface area contributed by atoms with Crippen LogP contribution in [0.15, 0.2) is 24.3 Å². The molecule has 1 aliphatic heterocycles. The summed E-state index contributed by atoms with van der Waals surface area (Å²) in [5.41, 5.74) is 1.30. The lowest BCUT2D eigenvalue weighted by Gasteiger charge is -2.33. The summed E-state index contributed by atoms with van der Waals surface area (Å²) in [6, 6.07) is 8.32. The van der Waals surface area contributed by atoms with Crippen molar-refractivity contribution in [2.45, 2.75) is 38.5 Å². The molecule has 0 N–H and O–H groups in total. The van der Waals surface area contributed by atoms with Gasteiger partial charge < -0.3 is 9.64 Å². The van der Waals surface area contributed by atoms with Gasteiger partial charge in [-0.3, -0.25) is 4.79 Å². The SMILES string of the molecule is COc1ccccc1CC1CCN(C(=O)C2C3CCCC32)CC1.